The van der Waals surface area contributed by atoms with Gasteiger partial charge in [0.2, 0.25) is 0 Å². The number of benzene rings is 3. The molecule has 0 radical (unpaired) electrons. The summed E-state index contributed by atoms with van der Waals surface area (Å²) < 4.78 is 12.0. The first-order chi connectivity index (χ1) is 17.8. The molecule has 0 saturated carbocycles. The minimum absolute atomic E-state index is 0.164. The molecule has 1 fully saturated rings. The SMILES string of the molecule is CCOc1cc(/C=C2\SC(=S)N(NC(=O)c3ccccc3C)C2=O)ccc1OCc1c(Cl)cccc1Cl. The number of nitrogens with zero attached hydrogens (tertiary/aromatic N) is 1. The largest absolute Gasteiger partial charge is 0.490 e. The van der Waals surface area contributed by atoms with E-state index in [9.17, 15) is 9.59 Å². The van der Waals surface area contributed by atoms with Crippen LogP contribution < -0.4 is 14.9 Å². The molecule has 4 rings (SSSR count). The second kappa shape index (κ2) is 12.0. The third-order valence-corrected chi connectivity index (χ3v) is 7.41. The van der Waals surface area contributed by atoms with Gasteiger partial charge in [0.15, 0.2) is 15.8 Å². The summed E-state index contributed by atoms with van der Waals surface area (Å²) in [6.07, 6.45) is 1.69. The van der Waals surface area contributed by atoms with Crippen LogP contribution >= 0.6 is 47.2 Å². The molecule has 1 aliphatic rings. The highest BCUT2D eigenvalue weighted by Crippen LogP contribution is 2.35. The zero-order chi connectivity index (χ0) is 26.5. The normalized spacial score (nSPS) is 14.3. The number of hydrogen-bond donors (Lipinski definition) is 1. The Morgan fingerprint density at radius 1 is 1.05 bits per heavy atom. The zero-order valence-corrected chi connectivity index (χ0v) is 23.1. The van der Waals surface area contributed by atoms with Crippen molar-refractivity contribution in [3.05, 3.63) is 97.9 Å². The molecule has 0 atom stereocenters. The molecule has 0 bridgehead atoms. The minimum atomic E-state index is -0.413. The van der Waals surface area contributed by atoms with Gasteiger partial charge in [-0.1, -0.05) is 65.3 Å². The van der Waals surface area contributed by atoms with E-state index in [1.165, 1.54) is 0 Å². The molecule has 37 heavy (non-hydrogen) atoms. The van der Waals surface area contributed by atoms with Crippen molar-refractivity contribution in [2.24, 2.45) is 0 Å². The lowest BCUT2D eigenvalue weighted by Gasteiger charge is -2.16. The summed E-state index contributed by atoms with van der Waals surface area (Å²) in [7, 11) is 0. The van der Waals surface area contributed by atoms with Crippen LogP contribution in [0.3, 0.4) is 0 Å². The van der Waals surface area contributed by atoms with Gasteiger partial charge in [-0.15, -0.1) is 0 Å². The minimum Gasteiger partial charge on any atom is -0.490 e. The molecule has 0 aromatic heterocycles. The molecular weight excluding hydrogens is 551 g/mol. The van der Waals surface area contributed by atoms with Crippen LogP contribution in [0.1, 0.15) is 34.0 Å². The molecule has 6 nitrogen and oxygen atoms in total. The number of amides is 2. The fraction of sp³-hybridized carbons (Fsp3) is 0.148. The van der Waals surface area contributed by atoms with E-state index in [0.29, 0.717) is 49.7 Å². The van der Waals surface area contributed by atoms with Crippen LogP contribution in [0.15, 0.2) is 65.6 Å². The Hall–Kier alpha value is -3.04. The maximum atomic E-state index is 13.0. The third kappa shape index (κ3) is 6.27. The molecular formula is C27H22Cl2N2O4S2. The van der Waals surface area contributed by atoms with Crippen molar-refractivity contribution in [3.63, 3.8) is 0 Å². The molecule has 0 aliphatic carbocycles. The molecule has 3 aromatic rings. The Labute approximate surface area is 234 Å². The molecule has 3 aromatic carbocycles. The molecule has 1 heterocycles. The van der Waals surface area contributed by atoms with Crippen molar-refractivity contribution < 1.29 is 19.1 Å². The highest BCUT2D eigenvalue weighted by molar-refractivity contribution is 8.26. The Morgan fingerprint density at radius 2 is 1.78 bits per heavy atom. The van der Waals surface area contributed by atoms with Gasteiger partial charge in [-0.25, -0.2) is 0 Å². The van der Waals surface area contributed by atoms with E-state index in [1.54, 1.807) is 54.6 Å². The fourth-order valence-corrected chi connectivity index (χ4v) is 5.21. The number of ether oxygens (including phenoxy) is 2. The van der Waals surface area contributed by atoms with Gasteiger partial charge in [-0.2, -0.15) is 5.01 Å². The number of nitrogens with one attached hydrogen (secondary N) is 1. The number of carbonyl (C=O) groups is 2. The van der Waals surface area contributed by atoms with Gasteiger partial charge in [0.05, 0.1) is 11.5 Å². The number of thioether (sulfide) groups is 1. The van der Waals surface area contributed by atoms with Crippen LogP contribution in [0.4, 0.5) is 0 Å². The Morgan fingerprint density at radius 3 is 2.49 bits per heavy atom. The quantitative estimate of drug-likeness (QED) is 0.236. The molecule has 0 unspecified atom stereocenters. The van der Waals surface area contributed by atoms with Crippen molar-refractivity contribution in [3.8, 4) is 11.5 Å². The number of halogens is 2. The fourth-order valence-electron chi connectivity index (χ4n) is 3.53. The Balaban J connectivity index is 1.51. The van der Waals surface area contributed by atoms with Crippen molar-refractivity contribution in [1.29, 1.82) is 0 Å². The van der Waals surface area contributed by atoms with E-state index in [4.69, 9.17) is 44.9 Å². The number of rotatable bonds is 8. The Kier molecular flexibility index (Phi) is 8.76. The summed E-state index contributed by atoms with van der Waals surface area (Å²) in [5, 5.41) is 2.12. The molecule has 1 saturated heterocycles. The van der Waals surface area contributed by atoms with Crippen LogP contribution in [0.5, 0.6) is 11.5 Å². The first-order valence-corrected chi connectivity index (χ1v) is 13.2. The monoisotopic (exact) mass is 572 g/mol. The summed E-state index contributed by atoms with van der Waals surface area (Å²) in [6.45, 7) is 4.27. The lowest BCUT2D eigenvalue weighted by atomic mass is 10.1. The van der Waals surface area contributed by atoms with E-state index in [0.717, 1.165) is 22.3 Å². The predicted octanol–water partition coefficient (Wildman–Crippen LogP) is 6.83. The smallest absolute Gasteiger partial charge is 0.285 e. The van der Waals surface area contributed by atoms with Crippen LogP contribution in [-0.4, -0.2) is 27.8 Å². The molecule has 190 valence electrons. The van der Waals surface area contributed by atoms with Crippen molar-refractivity contribution in [2.75, 3.05) is 6.61 Å². The topological polar surface area (TPSA) is 67.9 Å². The number of hydrogen-bond acceptors (Lipinski definition) is 6. The standard InChI is InChI=1S/C27H22Cl2N2O4S2/c1-3-34-23-13-17(11-12-22(23)35-15-19-20(28)9-6-10-21(19)29)14-24-26(33)31(27(36)37-24)30-25(32)18-8-5-4-7-16(18)2/h4-14H,3,15H2,1-2H3,(H,30,32)/b24-14-. The van der Waals surface area contributed by atoms with Crippen LogP contribution in [0, 0.1) is 6.92 Å². The lowest BCUT2D eigenvalue weighted by Crippen LogP contribution is -2.45. The summed E-state index contributed by atoms with van der Waals surface area (Å²) in [5.41, 5.74) is 5.25. The first kappa shape index (κ1) is 27.0. The van der Waals surface area contributed by atoms with E-state index in [2.05, 4.69) is 5.43 Å². The van der Waals surface area contributed by atoms with Gasteiger partial charge < -0.3 is 9.47 Å². The average molecular weight is 574 g/mol. The van der Waals surface area contributed by atoms with E-state index < -0.39 is 11.8 Å². The summed E-state index contributed by atoms with van der Waals surface area (Å²) in [5.74, 6) is 0.189. The zero-order valence-electron chi connectivity index (χ0n) is 19.9. The number of aryl methyl sites for hydroxylation is 1. The van der Waals surface area contributed by atoms with E-state index in [1.807, 2.05) is 26.0 Å². The number of thiocarbonyl (C=S) groups is 1. The van der Waals surface area contributed by atoms with Crippen molar-refractivity contribution in [1.82, 2.24) is 10.4 Å². The number of hydrazine groups is 1. The van der Waals surface area contributed by atoms with Crippen LogP contribution in [-0.2, 0) is 11.4 Å². The predicted molar refractivity (Wildman–Crippen MR) is 152 cm³/mol. The van der Waals surface area contributed by atoms with Gasteiger partial charge in [0.25, 0.3) is 11.8 Å². The molecule has 1 aliphatic heterocycles. The maximum absolute atomic E-state index is 13.0. The second-order valence-electron chi connectivity index (χ2n) is 7.90. The van der Waals surface area contributed by atoms with Gasteiger partial charge in [-0.05, 0) is 73.6 Å². The lowest BCUT2D eigenvalue weighted by molar-refractivity contribution is -0.123. The van der Waals surface area contributed by atoms with E-state index >= 15 is 0 Å². The van der Waals surface area contributed by atoms with Gasteiger partial charge in [0, 0.05) is 21.2 Å². The number of carbonyl (C=O) groups excluding carboxylic acids is 2. The van der Waals surface area contributed by atoms with Gasteiger partial charge in [-0.3, -0.25) is 15.0 Å². The summed E-state index contributed by atoms with van der Waals surface area (Å²) >= 11 is 19.0. The second-order valence-corrected chi connectivity index (χ2v) is 10.4. The van der Waals surface area contributed by atoms with Gasteiger partial charge in [0.1, 0.15) is 6.61 Å². The van der Waals surface area contributed by atoms with Crippen LogP contribution in [0.25, 0.3) is 6.08 Å². The molecule has 10 heteroatoms. The van der Waals surface area contributed by atoms with Crippen molar-refractivity contribution >= 4 is 69.4 Å². The van der Waals surface area contributed by atoms with E-state index in [-0.39, 0.29) is 10.9 Å². The van der Waals surface area contributed by atoms with Gasteiger partial charge >= 0.3 is 0 Å². The maximum Gasteiger partial charge on any atom is 0.285 e. The molecule has 0 spiro atoms. The highest BCUT2D eigenvalue weighted by Gasteiger charge is 2.34. The van der Waals surface area contributed by atoms with Crippen molar-refractivity contribution in [2.45, 2.75) is 20.5 Å². The summed E-state index contributed by atoms with van der Waals surface area (Å²) in [6, 6.07) is 17.7. The summed E-state index contributed by atoms with van der Waals surface area (Å²) in [4.78, 5) is 26.1. The highest BCUT2D eigenvalue weighted by atomic mass is 35.5. The molecule has 1 N–H and O–H groups in total. The first-order valence-electron chi connectivity index (χ1n) is 11.3. The van der Waals surface area contributed by atoms with Crippen LogP contribution in [0.2, 0.25) is 10.0 Å². The average Bonchev–Trinajstić information content (AvgIpc) is 3.12. The third-order valence-electron chi connectivity index (χ3n) is 5.40. The molecule has 2 amide bonds. The Bertz CT molecular complexity index is 1390.